The monoisotopic (exact) mass is 265 g/mol. The van der Waals surface area contributed by atoms with Crippen LogP contribution in [0.1, 0.15) is 51.4 Å². The van der Waals surface area contributed by atoms with Gasteiger partial charge in [-0.2, -0.15) is 0 Å². The predicted molar refractivity (Wildman–Crippen MR) is 72.6 cm³/mol. The minimum Gasteiger partial charge on any atom is -0.481 e. The van der Waals surface area contributed by atoms with Crippen LogP contribution in [0.15, 0.2) is 12.2 Å². The molecule has 19 heavy (non-hydrogen) atoms. The smallest absolute Gasteiger partial charge is 0.311 e. The van der Waals surface area contributed by atoms with Crippen molar-refractivity contribution in [2.24, 2.45) is 11.3 Å². The van der Waals surface area contributed by atoms with Gasteiger partial charge in [0.15, 0.2) is 0 Å². The molecule has 0 heterocycles. The van der Waals surface area contributed by atoms with E-state index in [4.69, 9.17) is 0 Å². The van der Waals surface area contributed by atoms with E-state index in [1.54, 1.807) is 0 Å². The number of hydrogen-bond acceptors (Lipinski definition) is 2. The summed E-state index contributed by atoms with van der Waals surface area (Å²) in [6.07, 6.45) is 11.1. The lowest BCUT2D eigenvalue weighted by atomic mass is 9.74. The van der Waals surface area contributed by atoms with Gasteiger partial charge in [-0.05, 0) is 32.1 Å². The van der Waals surface area contributed by atoms with Gasteiger partial charge >= 0.3 is 5.97 Å². The van der Waals surface area contributed by atoms with Gasteiger partial charge in [-0.25, -0.2) is 0 Å². The maximum absolute atomic E-state index is 12.1. The van der Waals surface area contributed by atoms with E-state index in [1.807, 2.05) is 6.08 Å². The van der Waals surface area contributed by atoms with Crippen LogP contribution in [0.4, 0.5) is 0 Å². The molecule has 1 saturated carbocycles. The maximum Gasteiger partial charge on any atom is 0.311 e. The van der Waals surface area contributed by atoms with Crippen LogP contribution >= 0.6 is 0 Å². The van der Waals surface area contributed by atoms with E-state index in [0.29, 0.717) is 19.4 Å². The summed E-state index contributed by atoms with van der Waals surface area (Å²) >= 11 is 0. The first-order valence-electron chi connectivity index (χ1n) is 7.30. The number of hydrogen-bond donors (Lipinski definition) is 2. The Morgan fingerprint density at radius 1 is 1.21 bits per heavy atom. The summed E-state index contributed by atoms with van der Waals surface area (Å²) < 4.78 is 0. The predicted octanol–water partition coefficient (Wildman–Crippen LogP) is 2.49. The van der Waals surface area contributed by atoms with Crippen LogP contribution in [0.3, 0.4) is 0 Å². The van der Waals surface area contributed by atoms with Crippen molar-refractivity contribution in [1.82, 2.24) is 5.32 Å². The third-order valence-electron chi connectivity index (χ3n) is 4.51. The molecular weight excluding hydrogens is 242 g/mol. The van der Waals surface area contributed by atoms with Gasteiger partial charge in [-0.15, -0.1) is 0 Å². The molecule has 2 aliphatic carbocycles. The summed E-state index contributed by atoms with van der Waals surface area (Å²) in [4.78, 5) is 23.6. The third kappa shape index (κ3) is 3.37. The number of aliphatic carboxylic acids is 1. The molecular formula is C15H23NO3. The Hall–Kier alpha value is -1.32. The number of amides is 1. The molecule has 0 aliphatic heterocycles. The normalized spacial score (nSPS) is 25.8. The highest BCUT2D eigenvalue weighted by Gasteiger charge is 2.40. The summed E-state index contributed by atoms with van der Waals surface area (Å²) in [6.45, 7) is 0.293. The summed E-state index contributed by atoms with van der Waals surface area (Å²) in [6, 6.07) is 0. The van der Waals surface area contributed by atoms with Crippen LogP contribution in [-0.2, 0) is 9.59 Å². The first kappa shape index (κ1) is 14.1. The summed E-state index contributed by atoms with van der Waals surface area (Å²) in [7, 11) is 0. The van der Waals surface area contributed by atoms with Crippen molar-refractivity contribution in [3.8, 4) is 0 Å². The average molecular weight is 265 g/mol. The zero-order valence-corrected chi connectivity index (χ0v) is 11.4. The number of carboxylic acids is 1. The van der Waals surface area contributed by atoms with Crippen LogP contribution in [0.25, 0.3) is 0 Å². The van der Waals surface area contributed by atoms with Gasteiger partial charge < -0.3 is 10.4 Å². The van der Waals surface area contributed by atoms with Crippen LogP contribution in [0.2, 0.25) is 0 Å². The minimum atomic E-state index is -0.754. The second-order valence-corrected chi connectivity index (χ2v) is 5.85. The van der Waals surface area contributed by atoms with Gasteiger partial charge in [-0.3, -0.25) is 9.59 Å². The van der Waals surface area contributed by atoms with Crippen molar-refractivity contribution in [1.29, 1.82) is 0 Å². The zero-order valence-electron chi connectivity index (χ0n) is 11.4. The maximum atomic E-state index is 12.1. The van der Waals surface area contributed by atoms with Crippen molar-refractivity contribution in [3.05, 3.63) is 12.2 Å². The van der Waals surface area contributed by atoms with E-state index in [2.05, 4.69) is 11.4 Å². The fraction of sp³-hybridized carbons (Fsp3) is 0.733. The van der Waals surface area contributed by atoms with Crippen molar-refractivity contribution in [2.75, 3.05) is 6.54 Å². The molecule has 0 bridgehead atoms. The molecule has 2 aliphatic rings. The van der Waals surface area contributed by atoms with Gasteiger partial charge in [0, 0.05) is 12.5 Å². The van der Waals surface area contributed by atoms with E-state index < -0.39 is 11.4 Å². The topological polar surface area (TPSA) is 66.4 Å². The molecule has 2 N–H and O–H groups in total. The van der Waals surface area contributed by atoms with Crippen molar-refractivity contribution >= 4 is 11.9 Å². The molecule has 2 rings (SSSR count). The van der Waals surface area contributed by atoms with Gasteiger partial charge in [0.25, 0.3) is 0 Å². The largest absolute Gasteiger partial charge is 0.481 e. The SMILES string of the molecule is O=C(NCC1(C(=O)O)CCCCC1)C1CC=CCC1. The van der Waals surface area contributed by atoms with Crippen molar-refractivity contribution < 1.29 is 14.7 Å². The van der Waals surface area contributed by atoms with Crippen molar-refractivity contribution in [3.63, 3.8) is 0 Å². The Bertz CT molecular complexity index is 370. The molecule has 4 nitrogen and oxygen atoms in total. The lowest BCUT2D eigenvalue weighted by molar-refractivity contribution is -0.151. The second-order valence-electron chi connectivity index (χ2n) is 5.85. The van der Waals surface area contributed by atoms with E-state index in [1.165, 1.54) is 0 Å². The summed E-state index contributed by atoms with van der Waals surface area (Å²) in [5, 5.41) is 12.3. The third-order valence-corrected chi connectivity index (χ3v) is 4.51. The number of rotatable bonds is 4. The Balaban J connectivity index is 1.89. The van der Waals surface area contributed by atoms with E-state index in [9.17, 15) is 14.7 Å². The van der Waals surface area contributed by atoms with Crippen LogP contribution in [-0.4, -0.2) is 23.5 Å². The standard InChI is InChI=1S/C15H23NO3/c17-13(12-7-3-1-4-8-12)16-11-15(14(18)19)9-5-2-6-10-15/h1,3,12H,2,4-11H2,(H,16,17)(H,18,19). The lowest BCUT2D eigenvalue weighted by Crippen LogP contribution is -2.45. The molecule has 106 valence electrons. The molecule has 1 amide bonds. The van der Waals surface area contributed by atoms with Crippen molar-refractivity contribution in [2.45, 2.75) is 51.4 Å². The fourth-order valence-corrected chi connectivity index (χ4v) is 3.13. The van der Waals surface area contributed by atoms with Gasteiger partial charge in [0.05, 0.1) is 5.41 Å². The Morgan fingerprint density at radius 2 is 1.95 bits per heavy atom. The first-order valence-corrected chi connectivity index (χ1v) is 7.30. The molecule has 4 heteroatoms. The number of carboxylic acid groups (broad SMARTS) is 1. The van der Waals surface area contributed by atoms with Gasteiger partial charge in [-0.1, -0.05) is 31.4 Å². The van der Waals surface area contributed by atoms with E-state index in [0.717, 1.165) is 38.5 Å². The van der Waals surface area contributed by atoms with Gasteiger partial charge in [0.2, 0.25) is 5.91 Å². The Morgan fingerprint density at radius 3 is 2.53 bits per heavy atom. The minimum absolute atomic E-state index is 0.0237. The summed E-state index contributed by atoms with van der Waals surface area (Å²) in [5.41, 5.74) is -0.724. The molecule has 1 fully saturated rings. The number of carbonyl (C=O) groups is 2. The van der Waals surface area contributed by atoms with Crippen LogP contribution in [0.5, 0.6) is 0 Å². The Kier molecular flexibility index (Phi) is 4.61. The zero-order chi connectivity index (χ0) is 13.7. The highest BCUT2D eigenvalue weighted by Crippen LogP contribution is 2.36. The molecule has 0 radical (unpaired) electrons. The fourth-order valence-electron chi connectivity index (χ4n) is 3.13. The molecule has 0 aromatic heterocycles. The highest BCUT2D eigenvalue weighted by molar-refractivity contribution is 5.81. The number of allylic oxidation sites excluding steroid dienone is 2. The Labute approximate surface area is 114 Å². The molecule has 1 atom stereocenters. The first-order chi connectivity index (χ1) is 9.14. The van der Waals surface area contributed by atoms with Gasteiger partial charge in [0.1, 0.15) is 0 Å². The quantitative estimate of drug-likeness (QED) is 0.767. The lowest BCUT2D eigenvalue weighted by Gasteiger charge is -2.33. The molecule has 0 spiro atoms. The van der Waals surface area contributed by atoms with E-state index >= 15 is 0 Å². The van der Waals surface area contributed by atoms with E-state index in [-0.39, 0.29) is 11.8 Å². The number of carbonyl (C=O) groups excluding carboxylic acids is 1. The number of nitrogens with one attached hydrogen (secondary N) is 1. The van der Waals surface area contributed by atoms with Crippen LogP contribution < -0.4 is 5.32 Å². The highest BCUT2D eigenvalue weighted by atomic mass is 16.4. The molecule has 0 saturated heterocycles. The molecule has 0 aromatic rings. The summed E-state index contributed by atoms with van der Waals surface area (Å²) in [5.74, 6) is -0.703. The molecule has 0 aromatic carbocycles. The average Bonchev–Trinajstić information content (AvgIpc) is 2.46. The van der Waals surface area contributed by atoms with Crippen LogP contribution in [0, 0.1) is 11.3 Å². The molecule has 1 unspecified atom stereocenters. The second kappa shape index (κ2) is 6.22.